The van der Waals surface area contributed by atoms with Gasteiger partial charge in [-0.05, 0) is 16.0 Å². The van der Waals surface area contributed by atoms with E-state index in [9.17, 15) is 14.9 Å². The molecule has 0 fully saturated rings. The van der Waals surface area contributed by atoms with Gasteiger partial charge in [-0.25, -0.2) is 4.79 Å². The summed E-state index contributed by atoms with van der Waals surface area (Å²) in [5.74, 6) is -1.13. The fraction of sp³-hybridized carbons (Fsp3) is 0.143. The van der Waals surface area contributed by atoms with Crippen molar-refractivity contribution >= 4 is 23.4 Å². The number of nitrogens with zero attached hydrogens (tertiary/aromatic N) is 2. The molecule has 0 N–H and O–H groups in total. The highest BCUT2D eigenvalue weighted by atomic mass is 35.5. The van der Waals surface area contributed by atoms with Crippen LogP contribution < -0.4 is 0 Å². The van der Waals surface area contributed by atoms with Gasteiger partial charge in [-0.1, -0.05) is 11.6 Å². The molecule has 74 valence electrons. The van der Waals surface area contributed by atoms with Crippen LogP contribution in [0.3, 0.4) is 0 Å². The van der Waals surface area contributed by atoms with E-state index in [0.717, 1.165) is 12.3 Å². The van der Waals surface area contributed by atoms with Crippen molar-refractivity contribution in [3.05, 3.63) is 33.0 Å². The van der Waals surface area contributed by atoms with E-state index >= 15 is 0 Å². The number of rotatable bonds is 2. The van der Waals surface area contributed by atoms with Gasteiger partial charge >= 0.3 is 11.8 Å². The molecule has 0 saturated heterocycles. The van der Waals surface area contributed by atoms with Crippen LogP contribution in [0.5, 0.6) is 0 Å². The number of carbonyl (C=O) groups excluding carboxylic acids is 1. The summed E-state index contributed by atoms with van der Waals surface area (Å²) in [5, 5.41) is 10.1. The number of hydrogen-bond donors (Lipinski definition) is 0. The number of hydrogen-bond acceptors (Lipinski definition) is 5. The van der Waals surface area contributed by atoms with Gasteiger partial charge in [0.1, 0.15) is 10.6 Å². The highest BCUT2D eigenvalue weighted by Crippen LogP contribution is 2.21. The standard InChI is InChI=1S/C7H5ClN2O4/c1-14-7(11)4-2-5(8)6(9-3-4)10(12)13/h2-3H,1H3. The Morgan fingerprint density at radius 3 is 2.79 bits per heavy atom. The van der Waals surface area contributed by atoms with Gasteiger partial charge in [-0.2, -0.15) is 0 Å². The molecule has 0 saturated carbocycles. The molecular formula is C7H5ClN2O4. The zero-order chi connectivity index (χ0) is 10.7. The van der Waals surface area contributed by atoms with E-state index in [1.165, 1.54) is 7.11 Å². The van der Waals surface area contributed by atoms with Crippen molar-refractivity contribution < 1.29 is 14.5 Å². The quantitative estimate of drug-likeness (QED) is 0.424. The van der Waals surface area contributed by atoms with E-state index < -0.39 is 16.7 Å². The maximum atomic E-state index is 11.0. The number of methoxy groups -OCH3 is 1. The van der Waals surface area contributed by atoms with Crippen molar-refractivity contribution in [3.8, 4) is 0 Å². The Hall–Kier alpha value is -1.69. The first-order valence-electron chi connectivity index (χ1n) is 3.44. The van der Waals surface area contributed by atoms with Gasteiger partial charge in [0.15, 0.2) is 6.20 Å². The van der Waals surface area contributed by atoms with Crippen molar-refractivity contribution in [3.63, 3.8) is 0 Å². The van der Waals surface area contributed by atoms with Crippen LogP contribution in [0, 0.1) is 10.1 Å². The molecule has 0 aromatic carbocycles. The zero-order valence-corrected chi connectivity index (χ0v) is 7.82. The molecule has 0 unspecified atom stereocenters. The molecule has 1 heterocycles. The molecule has 0 spiro atoms. The Labute approximate surface area is 83.6 Å². The predicted molar refractivity (Wildman–Crippen MR) is 47.2 cm³/mol. The molecule has 0 aliphatic heterocycles. The first-order chi connectivity index (χ1) is 6.56. The van der Waals surface area contributed by atoms with Gasteiger partial charge in [0, 0.05) is 0 Å². The van der Waals surface area contributed by atoms with Crippen LogP contribution in [-0.2, 0) is 4.74 Å². The summed E-state index contributed by atoms with van der Waals surface area (Å²) < 4.78 is 4.38. The summed E-state index contributed by atoms with van der Waals surface area (Å²) >= 11 is 5.51. The van der Waals surface area contributed by atoms with Crippen LogP contribution in [0.15, 0.2) is 12.3 Å². The zero-order valence-electron chi connectivity index (χ0n) is 7.06. The Morgan fingerprint density at radius 1 is 1.71 bits per heavy atom. The highest BCUT2D eigenvalue weighted by Gasteiger charge is 2.17. The average molecular weight is 217 g/mol. The number of aromatic nitrogens is 1. The van der Waals surface area contributed by atoms with Crippen molar-refractivity contribution in [2.45, 2.75) is 0 Å². The van der Waals surface area contributed by atoms with Crippen molar-refractivity contribution in [1.82, 2.24) is 4.98 Å². The van der Waals surface area contributed by atoms with Crippen LogP contribution in [0.25, 0.3) is 0 Å². The number of pyridine rings is 1. The molecule has 0 amide bonds. The number of carbonyl (C=O) groups is 1. The third-order valence-corrected chi connectivity index (χ3v) is 1.69. The summed E-state index contributed by atoms with van der Waals surface area (Å²) in [5.41, 5.74) is 0.0723. The second-order valence-electron chi connectivity index (χ2n) is 2.28. The molecule has 0 radical (unpaired) electrons. The fourth-order valence-electron chi connectivity index (χ4n) is 0.795. The van der Waals surface area contributed by atoms with E-state index in [1.807, 2.05) is 0 Å². The number of ether oxygens (including phenoxy) is 1. The summed E-state index contributed by atoms with van der Waals surface area (Å²) in [6, 6.07) is 1.14. The van der Waals surface area contributed by atoms with Crippen molar-refractivity contribution in [2.24, 2.45) is 0 Å². The van der Waals surface area contributed by atoms with Gasteiger partial charge < -0.3 is 14.9 Å². The van der Waals surface area contributed by atoms with Gasteiger partial charge in [0.2, 0.25) is 0 Å². The lowest BCUT2D eigenvalue weighted by Crippen LogP contribution is -2.03. The van der Waals surface area contributed by atoms with Gasteiger partial charge in [0.05, 0.1) is 7.11 Å². The molecule has 7 heteroatoms. The normalized spacial score (nSPS) is 9.57. The minimum Gasteiger partial charge on any atom is -0.465 e. The van der Waals surface area contributed by atoms with Gasteiger partial charge in [0.25, 0.3) is 0 Å². The summed E-state index contributed by atoms with van der Waals surface area (Å²) in [6.07, 6.45) is 1.04. The molecule has 0 aliphatic carbocycles. The van der Waals surface area contributed by atoms with Crippen molar-refractivity contribution in [2.75, 3.05) is 7.11 Å². The molecule has 1 aromatic heterocycles. The maximum absolute atomic E-state index is 11.0. The number of halogens is 1. The number of esters is 1. The molecule has 14 heavy (non-hydrogen) atoms. The minimum absolute atomic E-state index is 0.0723. The molecule has 6 nitrogen and oxygen atoms in total. The Bertz CT molecular complexity index is 393. The first kappa shape index (κ1) is 10.4. The third kappa shape index (κ3) is 1.97. The van der Waals surface area contributed by atoms with E-state index in [0.29, 0.717) is 0 Å². The summed E-state index contributed by atoms with van der Waals surface area (Å²) in [6.45, 7) is 0. The van der Waals surface area contributed by atoms with Crippen molar-refractivity contribution in [1.29, 1.82) is 0 Å². The Morgan fingerprint density at radius 2 is 2.36 bits per heavy atom. The van der Waals surface area contributed by atoms with E-state index in [1.54, 1.807) is 0 Å². The van der Waals surface area contributed by atoms with Gasteiger partial charge in [-0.3, -0.25) is 0 Å². The summed E-state index contributed by atoms with van der Waals surface area (Å²) in [4.78, 5) is 24.0. The van der Waals surface area contributed by atoms with E-state index in [-0.39, 0.29) is 10.6 Å². The predicted octanol–water partition coefficient (Wildman–Crippen LogP) is 1.43. The topological polar surface area (TPSA) is 82.3 Å². The molecule has 0 aliphatic rings. The molecule has 0 atom stereocenters. The maximum Gasteiger partial charge on any atom is 0.382 e. The molecule has 0 bridgehead atoms. The summed E-state index contributed by atoms with van der Waals surface area (Å²) in [7, 11) is 1.19. The highest BCUT2D eigenvalue weighted by molar-refractivity contribution is 6.32. The molecule has 1 aromatic rings. The Balaban J connectivity index is 3.12. The van der Waals surface area contributed by atoms with E-state index in [4.69, 9.17) is 11.6 Å². The lowest BCUT2D eigenvalue weighted by atomic mass is 10.3. The minimum atomic E-state index is -0.733. The Kier molecular flexibility index (Phi) is 2.98. The number of nitro groups is 1. The van der Waals surface area contributed by atoms with Crippen LogP contribution in [0.2, 0.25) is 5.02 Å². The van der Waals surface area contributed by atoms with Crippen LogP contribution >= 0.6 is 11.6 Å². The van der Waals surface area contributed by atoms with Gasteiger partial charge in [-0.15, -0.1) is 0 Å². The van der Waals surface area contributed by atoms with Crippen LogP contribution in [0.4, 0.5) is 5.82 Å². The fourth-order valence-corrected chi connectivity index (χ4v) is 1.03. The lowest BCUT2D eigenvalue weighted by molar-refractivity contribution is -0.389. The van der Waals surface area contributed by atoms with E-state index in [2.05, 4.69) is 9.72 Å². The molecule has 1 rings (SSSR count). The smallest absolute Gasteiger partial charge is 0.382 e. The van der Waals surface area contributed by atoms with Crippen LogP contribution in [0.1, 0.15) is 10.4 Å². The lowest BCUT2D eigenvalue weighted by Gasteiger charge is -1.98. The third-order valence-electron chi connectivity index (χ3n) is 1.42. The van der Waals surface area contributed by atoms with Crippen LogP contribution in [-0.4, -0.2) is 23.0 Å². The second-order valence-corrected chi connectivity index (χ2v) is 2.69. The average Bonchev–Trinajstić information content (AvgIpc) is 2.15. The first-order valence-corrected chi connectivity index (χ1v) is 3.82. The monoisotopic (exact) mass is 216 g/mol. The molecular weight excluding hydrogens is 212 g/mol. The largest absolute Gasteiger partial charge is 0.465 e. The SMILES string of the molecule is COC(=O)c1cnc([N+](=O)[O-])c(Cl)c1. The second kappa shape index (κ2) is 4.01.